The summed E-state index contributed by atoms with van der Waals surface area (Å²) in [7, 11) is 0. The van der Waals surface area contributed by atoms with E-state index in [9.17, 15) is 4.79 Å². The third-order valence-corrected chi connectivity index (χ3v) is 1.14. The molecular weight excluding hydrogens is 132 g/mol. The molecule has 3 heteroatoms. The van der Waals surface area contributed by atoms with Crippen molar-refractivity contribution in [3.8, 4) is 0 Å². The summed E-state index contributed by atoms with van der Waals surface area (Å²) in [6.45, 7) is 2.90. The highest BCUT2D eigenvalue weighted by molar-refractivity contribution is 5.49. The maximum Gasteiger partial charge on any atom is 0.120 e. The number of hydrogen-bond donors (Lipinski definition) is 1. The van der Waals surface area contributed by atoms with E-state index in [1.54, 1.807) is 0 Å². The minimum atomic E-state index is 0.0494. The Labute approximate surface area is 61.0 Å². The molecule has 0 radical (unpaired) electrons. The predicted molar refractivity (Wildman–Crippen MR) is 37.7 cm³/mol. The molecule has 0 aliphatic heterocycles. The number of carbonyl (C=O) groups excluding carboxylic acids is 1. The summed E-state index contributed by atoms with van der Waals surface area (Å²) in [4.78, 5) is 9.94. The Morgan fingerprint density at radius 1 is 1.70 bits per heavy atom. The van der Waals surface area contributed by atoms with Crippen molar-refractivity contribution in [2.75, 3.05) is 19.8 Å². The van der Waals surface area contributed by atoms with E-state index in [0.29, 0.717) is 19.6 Å². The molecule has 0 rings (SSSR count). The summed E-state index contributed by atoms with van der Waals surface area (Å²) in [5.74, 6) is 0.268. The first kappa shape index (κ1) is 9.59. The smallest absolute Gasteiger partial charge is 0.120 e. The third-order valence-electron chi connectivity index (χ3n) is 1.14. The standard InChI is InChI=1S/C7H14O3/c1-7(2-3-8)6-10-5-4-9/h3,7,9H,2,4-6H2,1H3. The van der Waals surface area contributed by atoms with E-state index in [-0.39, 0.29) is 12.5 Å². The molecule has 60 valence electrons. The van der Waals surface area contributed by atoms with Gasteiger partial charge in [-0.2, -0.15) is 0 Å². The van der Waals surface area contributed by atoms with Crippen molar-refractivity contribution in [3.63, 3.8) is 0 Å². The molecule has 1 unspecified atom stereocenters. The van der Waals surface area contributed by atoms with E-state index >= 15 is 0 Å². The van der Waals surface area contributed by atoms with Gasteiger partial charge in [0, 0.05) is 13.0 Å². The number of hydrogen-bond acceptors (Lipinski definition) is 3. The molecule has 0 saturated heterocycles. The normalized spacial score (nSPS) is 13.0. The van der Waals surface area contributed by atoms with E-state index in [1.165, 1.54) is 0 Å². The molecule has 1 N–H and O–H groups in total. The first-order chi connectivity index (χ1) is 4.81. The zero-order valence-corrected chi connectivity index (χ0v) is 6.25. The van der Waals surface area contributed by atoms with Gasteiger partial charge in [-0.05, 0) is 5.92 Å². The molecule has 1 atom stereocenters. The molecule has 0 spiro atoms. The molecule has 0 aliphatic carbocycles. The average molecular weight is 146 g/mol. The molecule has 0 bridgehead atoms. The van der Waals surface area contributed by atoms with Gasteiger partial charge in [0.05, 0.1) is 13.2 Å². The van der Waals surface area contributed by atoms with Crippen molar-refractivity contribution in [1.29, 1.82) is 0 Å². The van der Waals surface area contributed by atoms with Gasteiger partial charge in [-0.15, -0.1) is 0 Å². The zero-order valence-electron chi connectivity index (χ0n) is 6.25. The Morgan fingerprint density at radius 2 is 2.40 bits per heavy atom. The molecule has 10 heavy (non-hydrogen) atoms. The fourth-order valence-electron chi connectivity index (χ4n) is 0.581. The lowest BCUT2D eigenvalue weighted by atomic mass is 10.1. The predicted octanol–water partition coefficient (Wildman–Crippen LogP) is 0.220. The van der Waals surface area contributed by atoms with Crippen LogP contribution in [0.15, 0.2) is 0 Å². The second-order valence-electron chi connectivity index (χ2n) is 2.31. The van der Waals surface area contributed by atoms with E-state index in [1.807, 2.05) is 6.92 Å². The molecule has 0 aliphatic rings. The SMILES string of the molecule is CC(CC=O)COCCO. The van der Waals surface area contributed by atoms with Gasteiger partial charge in [-0.3, -0.25) is 0 Å². The Bertz CT molecular complexity index is 82.9. The van der Waals surface area contributed by atoms with Gasteiger partial charge in [0.15, 0.2) is 0 Å². The summed E-state index contributed by atoms with van der Waals surface area (Å²) in [5.41, 5.74) is 0. The van der Waals surface area contributed by atoms with Crippen molar-refractivity contribution < 1.29 is 14.6 Å². The van der Waals surface area contributed by atoms with E-state index in [0.717, 1.165) is 6.29 Å². The molecule has 0 aromatic rings. The molecule has 0 saturated carbocycles. The maximum atomic E-state index is 9.94. The Morgan fingerprint density at radius 3 is 2.90 bits per heavy atom. The number of aliphatic hydroxyl groups excluding tert-OH is 1. The maximum absolute atomic E-state index is 9.94. The number of ether oxygens (including phenoxy) is 1. The summed E-state index contributed by atoms with van der Waals surface area (Å²) < 4.78 is 4.99. The molecule has 0 amide bonds. The topological polar surface area (TPSA) is 46.5 Å². The van der Waals surface area contributed by atoms with Crippen LogP contribution in [0.3, 0.4) is 0 Å². The molecule has 0 aromatic heterocycles. The van der Waals surface area contributed by atoms with Crippen LogP contribution in [-0.2, 0) is 9.53 Å². The van der Waals surface area contributed by atoms with Gasteiger partial charge in [-0.25, -0.2) is 0 Å². The van der Waals surface area contributed by atoms with Crippen LogP contribution >= 0.6 is 0 Å². The average Bonchev–Trinajstić information content (AvgIpc) is 1.89. The van der Waals surface area contributed by atoms with E-state index in [2.05, 4.69) is 0 Å². The van der Waals surface area contributed by atoms with Gasteiger partial charge in [0.25, 0.3) is 0 Å². The van der Waals surface area contributed by atoms with Crippen molar-refractivity contribution in [2.45, 2.75) is 13.3 Å². The van der Waals surface area contributed by atoms with Crippen LogP contribution in [0.25, 0.3) is 0 Å². The minimum absolute atomic E-state index is 0.0494. The van der Waals surface area contributed by atoms with E-state index < -0.39 is 0 Å². The number of rotatable bonds is 6. The van der Waals surface area contributed by atoms with Gasteiger partial charge >= 0.3 is 0 Å². The molecule has 0 fully saturated rings. The first-order valence-electron chi connectivity index (χ1n) is 3.43. The summed E-state index contributed by atoms with van der Waals surface area (Å²) >= 11 is 0. The Hall–Kier alpha value is -0.410. The zero-order chi connectivity index (χ0) is 7.82. The highest BCUT2D eigenvalue weighted by Gasteiger charge is 1.99. The van der Waals surface area contributed by atoms with E-state index in [4.69, 9.17) is 9.84 Å². The van der Waals surface area contributed by atoms with Crippen molar-refractivity contribution in [1.82, 2.24) is 0 Å². The van der Waals surface area contributed by atoms with Gasteiger partial charge in [0.1, 0.15) is 6.29 Å². The number of aldehydes is 1. The largest absolute Gasteiger partial charge is 0.394 e. The molecule has 0 aromatic carbocycles. The molecular formula is C7H14O3. The highest BCUT2D eigenvalue weighted by Crippen LogP contribution is 1.98. The second kappa shape index (κ2) is 6.71. The summed E-state index contributed by atoms with van der Waals surface area (Å²) in [6, 6.07) is 0. The monoisotopic (exact) mass is 146 g/mol. The minimum Gasteiger partial charge on any atom is -0.394 e. The Kier molecular flexibility index (Phi) is 6.43. The van der Waals surface area contributed by atoms with Crippen LogP contribution in [0, 0.1) is 5.92 Å². The first-order valence-corrected chi connectivity index (χ1v) is 3.43. The number of carbonyl (C=O) groups is 1. The van der Waals surface area contributed by atoms with Gasteiger partial charge < -0.3 is 14.6 Å². The Balaban J connectivity index is 3.04. The van der Waals surface area contributed by atoms with Crippen molar-refractivity contribution in [2.24, 2.45) is 5.92 Å². The van der Waals surface area contributed by atoms with Crippen LogP contribution < -0.4 is 0 Å². The third kappa shape index (κ3) is 5.72. The van der Waals surface area contributed by atoms with Crippen molar-refractivity contribution >= 4 is 6.29 Å². The molecule has 0 heterocycles. The van der Waals surface area contributed by atoms with Gasteiger partial charge in [0.2, 0.25) is 0 Å². The quantitative estimate of drug-likeness (QED) is 0.430. The van der Waals surface area contributed by atoms with Crippen LogP contribution in [0.2, 0.25) is 0 Å². The van der Waals surface area contributed by atoms with Crippen LogP contribution in [0.1, 0.15) is 13.3 Å². The summed E-state index contributed by atoms with van der Waals surface area (Å²) in [6.07, 6.45) is 1.42. The highest BCUT2D eigenvalue weighted by atomic mass is 16.5. The van der Waals surface area contributed by atoms with Crippen LogP contribution in [0.5, 0.6) is 0 Å². The van der Waals surface area contributed by atoms with Crippen molar-refractivity contribution in [3.05, 3.63) is 0 Å². The fraction of sp³-hybridized carbons (Fsp3) is 0.857. The van der Waals surface area contributed by atoms with Crippen LogP contribution in [-0.4, -0.2) is 31.2 Å². The van der Waals surface area contributed by atoms with Gasteiger partial charge in [-0.1, -0.05) is 6.92 Å². The fourth-order valence-corrected chi connectivity index (χ4v) is 0.581. The lowest BCUT2D eigenvalue weighted by Crippen LogP contribution is -2.08. The lowest BCUT2D eigenvalue weighted by Gasteiger charge is -2.06. The molecule has 3 nitrogen and oxygen atoms in total. The number of aliphatic hydroxyl groups is 1. The summed E-state index contributed by atoms with van der Waals surface area (Å²) in [5, 5.41) is 8.31. The van der Waals surface area contributed by atoms with Crippen LogP contribution in [0.4, 0.5) is 0 Å². The lowest BCUT2D eigenvalue weighted by molar-refractivity contribution is -0.109. The second-order valence-corrected chi connectivity index (χ2v) is 2.31.